The molecule has 2 heterocycles. The van der Waals surface area contributed by atoms with Crippen LogP contribution in [0.2, 0.25) is 0 Å². The standard InChI is InChI=1S/C20H18N2O5S2/c23-20(22-15-5-8-18-19(12-15)27-10-9-26-18)14-3-6-17(7-4-14)29(24,25)21-13-16-2-1-11-28-16/h1-8,11-12,21H,9-10,13H2,(H,22,23). The molecule has 1 aromatic heterocycles. The summed E-state index contributed by atoms with van der Waals surface area (Å²) in [6.07, 6.45) is 0. The Morgan fingerprint density at radius 2 is 1.76 bits per heavy atom. The fourth-order valence-corrected chi connectivity index (χ4v) is 4.51. The van der Waals surface area contributed by atoms with Crippen molar-refractivity contribution in [3.05, 3.63) is 70.4 Å². The zero-order chi connectivity index (χ0) is 20.3. The molecule has 2 N–H and O–H groups in total. The molecule has 7 nitrogen and oxygen atoms in total. The quantitative estimate of drug-likeness (QED) is 0.626. The van der Waals surface area contributed by atoms with Crippen molar-refractivity contribution in [2.45, 2.75) is 11.4 Å². The highest BCUT2D eigenvalue weighted by atomic mass is 32.2. The van der Waals surface area contributed by atoms with E-state index in [-0.39, 0.29) is 17.3 Å². The molecule has 0 spiro atoms. The lowest BCUT2D eigenvalue weighted by molar-refractivity contribution is 0.102. The SMILES string of the molecule is O=C(Nc1ccc2c(c1)OCCO2)c1ccc(S(=O)(=O)NCc2cccs2)cc1. The summed E-state index contributed by atoms with van der Waals surface area (Å²) in [5.74, 6) is 0.864. The molecule has 1 amide bonds. The smallest absolute Gasteiger partial charge is 0.255 e. The largest absolute Gasteiger partial charge is 0.486 e. The van der Waals surface area contributed by atoms with Crippen molar-refractivity contribution in [1.82, 2.24) is 4.72 Å². The van der Waals surface area contributed by atoms with E-state index in [1.807, 2.05) is 17.5 Å². The Hall–Kier alpha value is -2.88. The third kappa shape index (κ3) is 4.58. The molecule has 1 aliphatic heterocycles. The van der Waals surface area contributed by atoms with Crippen molar-refractivity contribution in [1.29, 1.82) is 0 Å². The van der Waals surface area contributed by atoms with Crippen LogP contribution in [-0.4, -0.2) is 27.5 Å². The Kier molecular flexibility index (Phi) is 5.52. The Balaban J connectivity index is 1.42. The molecular formula is C20H18N2O5S2. The molecule has 0 radical (unpaired) electrons. The van der Waals surface area contributed by atoms with Crippen LogP contribution in [0.5, 0.6) is 11.5 Å². The van der Waals surface area contributed by atoms with E-state index < -0.39 is 10.0 Å². The summed E-state index contributed by atoms with van der Waals surface area (Å²) in [6, 6.07) is 14.7. The number of rotatable bonds is 6. The van der Waals surface area contributed by atoms with Gasteiger partial charge < -0.3 is 14.8 Å². The zero-order valence-electron chi connectivity index (χ0n) is 15.3. The maximum absolute atomic E-state index is 12.5. The van der Waals surface area contributed by atoms with Crippen LogP contribution < -0.4 is 19.5 Å². The first-order valence-electron chi connectivity index (χ1n) is 8.84. The van der Waals surface area contributed by atoms with E-state index in [4.69, 9.17) is 9.47 Å². The highest BCUT2D eigenvalue weighted by Gasteiger charge is 2.16. The summed E-state index contributed by atoms with van der Waals surface area (Å²) < 4.78 is 38.3. The first-order valence-corrected chi connectivity index (χ1v) is 11.2. The fourth-order valence-electron chi connectivity index (χ4n) is 2.77. The van der Waals surface area contributed by atoms with Crippen molar-refractivity contribution in [3.63, 3.8) is 0 Å². The molecule has 0 saturated carbocycles. The topological polar surface area (TPSA) is 93.7 Å². The average Bonchev–Trinajstić information content (AvgIpc) is 3.26. The second kappa shape index (κ2) is 8.24. The second-order valence-corrected chi connectivity index (χ2v) is 9.04. The van der Waals surface area contributed by atoms with Crippen LogP contribution in [0, 0.1) is 0 Å². The first kappa shape index (κ1) is 19.4. The van der Waals surface area contributed by atoms with Crippen LogP contribution in [0.15, 0.2) is 64.9 Å². The number of nitrogens with one attached hydrogen (secondary N) is 2. The monoisotopic (exact) mass is 430 g/mol. The Morgan fingerprint density at radius 3 is 2.48 bits per heavy atom. The van der Waals surface area contributed by atoms with Gasteiger partial charge in [0.1, 0.15) is 13.2 Å². The number of anilines is 1. The molecule has 4 rings (SSSR count). The Morgan fingerprint density at radius 1 is 1.00 bits per heavy atom. The van der Waals surface area contributed by atoms with E-state index in [0.717, 1.165) is 4.88 Å². The van der Waals surface area contributed by atoms with Gasteiger partial charge in [0, 0.05) is 28.7 Å². The van der Waals surface area contributed by atoms with Gasteiger partial charge in [-0.15, -0.1) is 11.3 Å². The number of hydrogen-bond donors (Lipinski definition) is 2. The molecule has 29 heavy (non-hydrogen) atoms. The summed E-state index contributed by atoms with van der Waals surface area (Å²) >= 11 is 1.48. The highest BCUT2D eigenvalue weighted by molar-refractivity contribution is 7.89. The van der Waals surface area contributed by atoms with Gasteiger partial charge >= 0.3 is 0 Å². The summed E-state index contributed by atoms with van der Waals surface area (Å²) in [5, 5.41) is 4.66. The minimum Gasteiger partial charge on any atom is -0.486 e. The minimum atomic E-state index is -3.65. The van der Waals surface area contributed by atoms with Gasteiger partial charge in [0.15, 0.2) is 11.5 Å². The second-order valence-electron chi connectivity index (χ2n) is 6.24. The van der Waals surface area contributed by atoms with Gasteiger partial charge in [-0.2, -0.15) is 0 Å². The maximum atomic E-state index is 12.5. The summed E-state index contributed by atoms with van der Waals surface area (Å²) in [6.45, 7) is 1.18. The van der Waals surface area contributed by atoms with Gasteiger partial charge in [-0.1, -0.05) is 6.07 Å². The molecule has 150 valence electrons. The van der Waals surface area contributed by atoms with E-state index in [0.29, 0.717) is 36.0 Å². The molecular weight excluding hydrogens is 412 g/mol. The third-order valence-corrected chi connectivity index (χ3v) is 6.54. The predicted molar refractivity (Wildman–Crippen MR) is 110 cm³/mol. The van der Waals surface area contributed by atoms with Gasteiger partial charge in [-0.3, -0.25) is 4.79 Å². The summed E-state index contributed by atoms with van der Waals surface area (Å²) in [7, 11) is -3.65. The zero-order valence-corrected chi connectivity index (χ0v) is 16.9. The number of thiophene rings is 1. The first-order chi connectivity index (χ1) is 14.0. The van der Waals surface area contributed by atoms with Gasteiger partial charge in [-0.25, -0.2) is 13.1 Å². The van der Waals surface area contributed by atoms with E-state index in [9.17, 15) is 13.2 Å². The van der Waals surface area contributed by atoms with Crippen LogP contribution in [0.4, 0.5) is 5.69 Å². The van der Waals surface area contributed by atoms with Crippen LogP contribution in [0.25, 0.3) is 0 Å². The molecule has 0 unspecified atom stereocenters. The molecule has 0 saturated heterocycles. The van der Waals surface area contributed by atoms with Gasteiger partial charge in [0.2, 0.25) is 10.0 Å². The van der Waals surface area contributed by atoms with Crippen LogP contribution >= 0.6 is 11.3 Å². The van der Waals surface area contributed by atoms with Crippen LogP contribution in [-0.2, 0) is 16.6 Å². The van der Waals surface area contributed by atoms with E-state index in [1.54, 1.807) is 18.2 Å². The number of ether oxygens (including phenoxy) is 2. The molecule has 0 atom stereocenters. The van der Waals surface area contributed by atoms with E-state index in [1.165, 1.54) is 35.6 Å². The van der Waals surface area contributed by atoms with Gasteiger partial charge in [-0.05, 0) is 47.8 Å². The molecule has 0 fully saturated rings. The summed E-state index contributed by atoms with van der Waals surface area (Å²) in [5.41, 5.74) is 0.908. The van der Waals surface area contributed by atoms with Crippen molar-refractivity contribution < 1.29 is 22.7 Å². The number of amides is 1. The lowest BCUT2D eigenvalue weighted by Crippen LogP contribution is -2.23. The number of carbonyl (C=O) groups excluding carboxylic acids is 1. The highest BCUT2D eigenvalue weighted by Crippen LogP contribution is 2.32. The number of fused-ring (bicyclic) bond motifs is 1. The van der Waals surface area contributed by atoms with Gasteiger partial charge in [0.05, 0.1) is 4.90 Å². The van der Waals surface area contributed by atoms with Crippen molar-refractivity contribution in [2.24, 2.45) is 0 Å². The fraction of sp³-hybridized carbons (Fsp3) is 0.150. The normalized spacial score (nSPS) is 13.1. The third-order valence-electron chi connectivity index (χ3n) is 4.24. The molecule has 9 heteroatoms. The molecule has 2 aromatic carbocycles. The number of sulfonamides is 1. The molecule has 0 bridgehead atoms. The minimum absolute atomic E-state index is 0.102. The number of hydrogen-bond acceptors (Lipinski definition) is 6. The lowest BCUT2D eigenvalue weighted by Gasteiger charge is -2.19. The van der Waals surface area contributed by atoms with Crippen LogP contribution in [0.1, 0.15) is 15.2 Å². The van der Waals surface area contributed by atoms with E-state index in [2.05, 4.69) is 10.0 Å². The predicted octanol–water partition coefficient (Wildman–Crippen LogP) is 3.25. The maximum Gasteiger partial charge on any atom is 0.255 e. The molecule has 1 aliphatic rings. The number of carbonyl (C=O) groups is 1. The van der Waals surface area contributed by atoms with Gasteiger partial charge in [0.25, 0.3) is 5.91 Å². The molecule has 3 aromatic rings. The van der Waals surface area contributed by atoms with E-state index >= 15 is 0 Å². The lowest BCUT2D eigenvalue weighted by atomic mass is 10.2. The molecule has 0 aliphatic carbocycles. The van der Waals surface area contributed by atoms with Crippen molar-refractivity contribution >= 4 is 33.0 Å². The van der Waals surface area contributed by atoms with Crippen LogP contribution in [0.3, 0.4) is 0 Å². The van der Waals surface area contributed by atoms with Crippen molar-refractivity contribution in [3.8, 4) is 11.5 Å². The summed E-state index contributed by atoms with van der Waals surface area (Å²) in [4.78, 5) is 13.5. The Bertz CT molecular complexity index is 1110. The Labute approximate surface area is 172 Å². The number of benzene rings is 2. The average molecular weight is 431 g/mol. The van der Waals surface area contributed by atoms with Crippen molar-refractivity contribution in [2.75, 3.05) is 18.5 Å².